The third kappa shape index (κ3) is 4.83. The van der Waals surface area contributed by atoms with Crippen LogP contribution in [-0.4, -0.2) is 47.4 Å². The number of aromatic nitrogens is 2. The Kier molecular flexibility index (Phi) is 5.72. The van der Waals surface area contributed by atoms with Gasteiger partial charge in [-0.1, -0.05) is 11.8 Å². The van der Waals surface area contributed by atoms with E-state index in [9.17, 15) is 9.59 Å². The first-order valence-corrected chi connectivity index (χ1v) is 8.95. The molecule has 1 aromatic heterocycles. The Morgan fingerprint density at radius 1 is 1.28 bits per heavy atom. The second kappa shape index (κ2) is 8.17. The number of hydrogen-bond donors (Lipinski definition) is 2. The smallest absolute Gasteiger partial charge is 0.251 e. The topological polar surface area (TPSA) is 87.3 Å². The maximum Gasteiger partial charge on any atom is 0.251 e. The zero-order valence-electron chi connectivity index (χ0n) is 13.9. The van der Waals surface area contributed by atoms with Gasteiger partial charge in [0.25, 0.3) is 5.56 Å². The van der Waals surface area contributed by atoms with Gasteiger partial charge in [0.15, 0.2) is 5.16 Å². The number of rotatable bonds is 5. The lowest BCUT2D eigenvalue weighted by Crippen LogP contribution is -2.36. The fraction of sp³-hybridized carbons (Fsp3) is 0.353. The number of aromatic amines is 1. The number of morpholine rings is 1. The lowest BCUT2D eigenvalue weighted by molar-refractivity contribution is -0.115. The van der Waals surface area contributed by atoms with Gasteiger partial charge in [-0.2, -0.15) is 0 Å². The molecule has 0 aliphatic carbocycles. The SMILES string of the molecule is C[C@H](Sc1nccc(=O)[nH]1)C(=O)Nc1ccc(N2CCOCC2)cc1. The van der Waals surface area contributed by atoms with Crippen LogP contribution in [0.1, 0.15) is 6.92 Å². The minimum absolute atomic E-state index is 0.143. The molecule has 0 radical (unpaired) electrons. The van der Waals surface area contributed by atoms with Gasteiger partial charge in [0, 0.05) is 36.7 Å². The van der Waals surface area contributed by atoms with Crippen LogP contribution in [0.15, 0.2) is 46.5 Å². The number of nitrogens with zero attached hydrogens (tertiary/aromatic N) is 2. The Bertz CT molecular complexity index is 772. The van der Waals surface area contributed by atoms with E-state index < -0.39 is 0 Å². The van der Waals surface area contributed by atoms with E-state index in [-0.39, 0.29) is 16.7 Å². The fourth-order valence-corrected chi connectivity index (χ4v) is 3.24. The molecule has 0 unspecified atom stereocenters. The zero-order chi connectivity index (χ0) is 17.6. The first kappa shape index (κ1) is 17.5. The third-order valence-corrected chi connectivity index (χ3v) is 4.81. The van der Waals surface area contributed by atoms with Gasteiger partial charge in [0.2, 0.25) is 5.91 Å². The van der Waals surface area contributed by atoms with Crippen molar-refractivity contribution in [3.05, 3.63) is 46.9 Å². The third-order valence-electron chi connectivity index (χ3n) is 3.82. The minimum Gasteiger partial charge on any atom is -0.378 e. The van der Waals surface area contributed by atoms with Crippen molar-refractivity contribution in [2.45, 2.75) is 17.3 Å². The van der Waals surface area contributed by atoms with E-state index in [0.717, 1.165) is 37.7 Å². The second-order valence-corrected chi connectivity index (χ2v) is 6.96. The highest BCUT2D eigenvalue weighted by Crippen LogP contribution is 2.22. The van der Waals surface area contributed by atoms with Crippen LogP contribution in [0.25, 0.3) is 0 Å². The molecule has 1 fully saturated rings. The van der Waals surface area contributed by atoms with Gasteiger partial charge >= 0.3 is 0 Å². The van der Waals surface area contributed by atoms with Crippen LogP contribution in [0.2, 0.25) is 0 Å². The monoisotopic (exact) mass is 360 g/mol. The molecule has 0 spiro atoms. The van der Waals surface area contributed by atoms with Gasteiger partial charge < -0.3 is 19.9 Å². The van der Waals surface area contributed by atoms with Crippen molar-refractivity contribution >= 4 is 29.0 Å². The number of carbonyl (C=O) groups is 1. The molecule has 8 heteroatoms. The van der Waals surface area contributed by atoms with Crippen molar-refractivity contribution < 1.29 is 9.53 Å². The van der Waals surface area contributed by atoms with E-state index in [1.165, 1.54) is 24.0 Å². The van der Waals surface area contributed by atoms with Gasteiger partial charge in [-0.3, -0.25) is 9.59 Å². The van der Waals surface area contributed by atoms with Crippen LogP contribution in [0.5, 0.6) is 0 Å². The summed E-state index contributed by atoms with van der Waals surface area (Å²) in [6, 6.07) is 9.11. The van der Waals surface area contributed by atoms with Crippen molar-refractivity contribution in [2.24, 2.45) is 0 Å². The lowest BCUT2D eigenvalue weighted by atomic mass is 10.2. The highest BCUT2D eigenvalue weighted by molar-refractivity contribution is 8.00. The van der Waals surface area contributed by atoms with Crippen LogP contribution in [-0.2, 0) is 9.53 Å². The molecule has 25 heavy (non-hydrogen) atoms. The number of benzene rings is 1. The van der Waals surface area contributed by atoms with Gasteiger partial charge in [-0.05, 0) is 31.2 Å². The van der Waals surface area contributed by atoms with Gasteiger partial charge in [-0.15, -0.1) is 0 Å². The Morgan fingerprint density at radius 3 is 2.68 bits per heavy atom. The summed E-state index contributed by atoms with van der Waals surface area (Å²) in [5.41, 5.74) is 1.63. The van der Waals surface area contributed by atoms with Crippen LogP contribution < -0.4 is 15.8 Å². The van der Waals surface area contributed by atoms with E-state index in [1.54, 1.807) is 6.92 Å². The number of hydrogen-bond acceptors (Lipinski definition) is 6. The summed E-state index contributed by atoms with van der Waals surface area (Å²) in [5, 5.41) is 2.93. The highest BCUT2D eigenvalue weighted by Gasteiger charge is 2.16. The first-order valence-electron chi connectivity index (χ1n) is 8.07. The van der Waals surface area contributed by atoms with Gasteiger partial charge in [0.05, 0.1) is 18.5 Å². The minimum atomic E-state index is -0.385. The highest BCUT2D eigenvalue weighted by atomic mass is 32.2. The molecule has 0 bridgehead atoms. The predicted octanol–water partition coefficient (Wildman–Crippen LogP) is 1.73. The molecule has 7 nitrogen and oxygen atoms in total. The average Bonchev–Trinajstić information content (AvgIpc) is 2.63. The normalized spacial score (nSPS) is 15.6. The van der Waals surface area contributed by atoms with Crippen LogP contribution in [0, 0.1) is 0 Å². The molecule has 132 valence electrons. The van der Waals surface area contributed by atoms with E-state index in [4.69, 9.17) is 4.74 Å². The predicted molar refractivity (Wildman–Crippen MR) is 98.3 cm³/mol. The average molecular weight is 360 g/mol. The quantitative estimate of drug-likeness (QED) is 0.624. The van der Waals surface area contributed by atoms with Gasteiger partial charge in [-0.25, -0.2) is 4.98 Å². The second-order valence-electron chi connectivity index (χ2n) is 5.63. The summed E-state index contributed by atoms with van der Waals surface area (Å²) in [7, 11) is 0. The molecule has 1 saturated heterocycles. The number of nitrogens with one attached hydrogen (secondary N) is 2. The molecule has 3 rings (SSSR count). The van der Waals surface area contributed by atoms with Crippen molar-refractivity contribution in [3.63, 3.8) is 0 Å². The Morgan fingerprint density at radius 2 is 2.00 bits per heavy atom. The fourth-order valence-electron chi connectivity index (χ4n) is 2.45. The van der Waals surface area contributed by atoms with Crippen molar-refractivity contribution in [1.29, 1.82) is 0 Å². The molecule has 2 N–H and O–H groups in total. The summed E-state index contributed by atoms with van der Waals surface area (Å²) in [6.45, 7) is 5.00. The van der Waals surface area contributed by atoms with Crippen LogP contribution >= 0.6 is 11.8 Å². The lowest BCUT2D eigenvalue weighted by Gasteiger charge is -2.28. The number of ether oxygens (including phenoxy) is 1. The van der Waals surface area contributed by atoms with Crippen molar-refractivity contribution in [3.8, 4) is 0 Å². The number of H-pyrrole nitrogens is 1. The summed E-state index contributed by atoms with van der Waals surface area (Å²) < 4.78 is 5.35. The Hall–Kier alpha value is -2.32. The first-order chi connectivity index (χ1) is 12.1. The number of carbonyl (C=O) groups excluding carboxylic acids is 1. The number of amides is 1. The molecule has 1 aliphatic heterocycles. The maximum atomic E-state index is 12.3. The van der Waals surface area contributed by atoms with E-state index in [1.807, 2.05) is 24.3 Å². The standard InChI is InChI=1S/C17H20N4O3S/c1-12(25-17-18-7-6-15(22)20-17)16(23)19-13-2-4-14(5-3-13)21-8-10-24-11-9-21/h2-7,12H,8-11H2,1H3,(H,19,23)(H,18,20,22)/t12-/m0/s1. The summed E-state index contributed by atoms with van der Waals surface area (Å²) in [4.78, 5) is 32.5. The molecule has 2 heterocycles. The molecule has 1 amide bonds. The van der Waals surface area contributed by atoms with E-state index in [2.05, 4.69) is 20.2 Å². The summed E-state index contributed by atoms with van der Waals surface area (Å²) in [6.07, 6.45) is 1.43. The molecule has 1 aliphatic rings. The maximum absolute atomic E-state index is 12.3. The Balaban J connectivity index is 1.57. The van der Waals surface area contributed by atoms with Crippen LogP contribution in [0.4, 0.5) is 11.4 Å². The molecule has 1 atom stereocenters. The summed E-state index contributed by atoms with van der Waals surface area (Å²) >= 11 is 1.21. The molecule has 2 aromatic rings. The van der Waals surface area contributed by atoms with Crippen molar-refractivity contribution in [1.82, 2.24) is 9.97 Å². The zero-order valence-corrected chi connectivity index (χ0v) is 14.7. The summed E-state index contributed by atoms with van der Waals surface area (Å²) in [5.74, 6) is -0.143. The molecule has 1 aromatic carbocycles. The largest absolute Gasteiger partial charge is 0.378 e. The molecular formula is C17H20N4O3S. The van der Waals surface area contributed by atoms with E-state index in [0.29, 0.717) is 5.16 Å². The molecule has 0 saturated carbocycles. The Labute approximate surface area is 149 Å². The number of thioether (sulfide) groups is 1. The van der Waals surface area contributed by atoms with Gasteiger partial charge in [0.1, 0.15) is 0 Å². The molecular weight excluding hydrogens is 340 g/mol. The van der Waals surface area contributed by atoms with E-state index >= 15 is 0 Å². The van der Waals surface area contributed by atoms with Crippen LogP contribution in [0.3, 0.4) is 0 Å². The number of anilines is 2. The van der Waals surface area contributed by atoms with Crippen molar-refractivity contribution in [2.75, 3.05) is 36.5 Å².